The third-order valence-electron chi connectivity index (χ3n) is 4.43. The smallest absolute Gasteiger partial charge is 0.143 e. The summed E-state index contributed by atoms with van der Waals surface area (Å²) < 4.78 is 0. The third kappa shape index (κ3) is 10.9. The van der Waals surface area contributed by atoms with Crippen LogP contribution in [0, 0.1) is 0 Å². The highest BCUT2D eigenvalue weighted by Crippen LogP contribution is 2.01. The van der Waals surface area contributed by atoms with Gasteiger partial charge in [-0.2, -0.15) is 0 Å². The van der Waals surface area contributed by atoms with Crippen molar-refractivity contribution in [1.29, 1.82) is 0 Å². The minimum absolute atomic E-state index is 0.0508. The summed E-state index contributed by atoms with van der Waals surface area (Å²) in [6, 6.07) is 0. The number of hydrogen-bond acceptors (Lipinski definition) is 11. The van der Waals surface area contributed by atoms with E-state index in [1.54, 1.807) is 14.7 Å². The van der Waals surface area contributed by atoms with Crippen LogP contribution in [-0.2, 0) is 19.2 Å². The Balaban J connectivity index is 2.90. The van der Waals surface area contributed by atoms with Crippen molar-refractivity contribution in [3.8, 4) is 0 Å². The zero-order valence-electron chi connectivity index (χ0n) is 16.1. The molecule has 1 aliphatic rings. The van der Waals surface area contributed by atoms with Crippen LogP contribution in [0.25, 0.3) is 0 Å². The second-order valence-electron chi connectivity index (χ2n) is 6.92. The molecule has 0 unspecified atom stereocenters. The van der Waals surface area contributed by atoms with Crippen molar-refractivity contribution in [3.63, 3.8) is 0 Å². The van der Waals surface area contributed by atoms with E-state index < -0.39 is 17.9 Å². The molecular formula is C17H27N4O7-3. The van der Waals surface area contributed by atoms with Gasteiger partial charge in [0.15, 0.2) is 0 Å². The summed E-state index contributed by atoms with van der Waals surface area (Å²) in [5, 5.41) is 33.0. The monoisotopic (exact) mass is 399 g/mol. The van der Waals surface area contributed by atoms with Crippen LogP contribution in [0.15, 0.2) is 0 Å². The van der Waals surface area contributed by atoms with Gasteiger partial charge in [0.2, 0.25) is 0 Å². The molecule has 0 aromatic rings. The molecule has 0 spiro atoms. The number of Topliss-reactive ketones (excluding diaryl/α,β-unsaturated/α-hetero) is 1. The Hall–Kier alpha value is -2.08. The van der Waals surface area contributed by atoms with Gasteiger partial charge < -0.3 is 29.7 Å². The number of rotatable bonds is 8. The van der Waals surface area contributed by atoms with Crippen molar-refractivity contribution >= 4 is 23.7 Å². The Kier molecular flexibility index (Phi) is 10.6. The number of carboxylic acid groups (broad SMARTS) is 3. The summed E-state index contributed by atoms with van der Waals surface area (Å²) in [5.74, 6) is -3.80. The summed E-state index contributed by atoms with van der Waals surface area (Å²) in [6.07, 6.45) is 0. The van der Waals surface area contributed by atoms with E-state index in [9.17, 15) is 34.5 Å². The molecule has 1 heterocycles. The van der Waals surface area contributed by atoms with Gasteiger partial charge in [0.1, 0.15) is 5.78 Å². The van der Waals surface area contributed by atoms with Gasteiger partial charge in [-0.3, -0.25) is 24.4 Å². The van der Waals surface area contributed by atoms with Gasteiger partial charge in [-0.1, -0.05) is 0 Å². The SMILES string of the molecule is CC(=O)CN1CCN(CC(=O)[O-])CCN(CC(=O)[O-])CCN(CC(=O)[O-])CC1. The lowest BCUT2D eigenvalue weighted by molar-refractivity contribution is -0.308. The lowest BCUT2D eigenvalue weighted by Crippen LogP contribution is -2.51. The molecule has 1 saturated heterocycles. The van der Waals surface area contributed by atoms with Crippen molar-refractivity contribution in [2.75, 3.05) is 78.5 Å². The van der Waals surface area contributed by atoms with Crippen LogP contribution in [-0.4, -0.2) is 122 Å². The standard InChI is InChI=1S/C17H30N4O7/c1-14(22)10-18-2-4-19(11-15(23)24)6-8-21(13-17(27)28)9-7-20(5-3-18)12-16(25)26/h2-13H2,1H3,(H,23,24)(H,25,26)(H,27,28)/p-3. The number of carbonyl (C=O) groups is 4. The average Bonchev–Trinajstić information content (AvgIpc) is 2.55. The molecule has 1 aliphatic heterocycles. The van der Waals surface area contributed by atoms with E-state index >= 15 is 0 Å². The zero-order valence-corrected chi connectivity index (χ0v) is 16.1. The van der Waals surface area contributed by atoms with Gasteiger partial charge in [-0.25, -0.2) is 0 Å². The van der Waals surface area contributed by atoms with E-state index in [1.807, 2.05) is 4.90 Å². The molecule has 0 atom stereocenters. The molecule has 0 aromatic carbocycles. The number of carboxylic acids is 3. The Labute approximate surface area is 164 Å². The Morgan fingerprint density at radius 1 is 0.536 bits per heavy atom. The molecule has 0 saturated carbocycles. The van der Waals surface area contributed by atoms with Crippen molar-refractivity contribution in [1.82, 2.24) is 19.6 Å². The van der Waals surface area contributed by atoms with E-state index in [1.165, 1.54) is 6.92 Å². The van der Waals surface area contributed by atoms with Gasteiger partial charge in [0.05, 0.1) is 24.5 Å². The number of hydrogen-bond donors (Lipinski definition) is 0. The van der Waals surface area contributed by atoms with Crippen molar-refractivity contribution in [2.24, 2.45) is 0 Å². The van der Waals surface area contributed by atoms with Crippen LogP contribution in [0.3, 0.4) is 0 Å². The second-order valence-corrected chi connectivity index (χ2v) is 6.92. The molecular weight excluding hydrogens is 372 g/mol. The Bertz CT molecular complexity index is 446. The normalized spacial score (nSPS) is 19.5. The number of aliphatic carboxylic acids is 3. The summed E-state index contributed by atoms with van der Waals surface area (Å²) in [4.78, 5) is 51.2. The quantitative estimate of drug-likeness (QED) is 0.384. The highest BCUT2D eigenvalue weighted by atomic mass is 16.4. The first kappa shape index (κ1) is 24.0. The summed E-state index contributed by atoms with van der Waals surface area (Å²) in [5.41, 5.74) is 0. The van der Waals surface area contributed by atoms with E-state index in [0.717, 1.165) is 0 Å². The predicted octanol–water partition coefficient (Wildman–Crippen LogP) is -5.95. The fourth-order valence-electron chi connectivity index (χ4n) is 3.07. The fraction of sp³-hybridized carbons (Fsp3) is 0.765. The highest BCUT2D eigenvalue weighted by molar-refractivity contribution is 5.77. The largest absolute Gasteiger partial charge is 0.549 e. The minimum atomic E-state index is -1.27. The molecule has 0 amide bonds. The molecule has 11 heteroatoms. The number of nitrogens with zero attached hydrogens (tertiary/aromatic N) is 4. The molecule has 0 aromatic heterocycles. The molecule has 0 aliphatic carbocycles. The molecule has 0 N–H and O–H groups in total. The van der Waals surface area contributed by atoms with Gasteiger partial charge in [0, 0.05) is 72.0 Å². The van der Waals surface area contributed by atoms with Gasteiger partial charge in [-0.05, 0) is 6.92 Å². The van der Waals surface area contributed by atoms with Crippen LogP contribution in [0.5, 0.6) is 0 Å². The van der Waals surface area contributed by atoms with Crippen molar-refractivity contribution in [2.45, 2.75) is 6.92 Å². The van der Waals surface area contributed by atoms with Crippen LogP contribution >= 0.6 is 0 Å². The molecule has 160 valence electrons. The van der Waals surface area contributed by atoms with Crippen molar-refractivity contribution in [3.05, 3.63) is 0 Å². The number of carbonyl (C=O) groups excluding carboxylic acids is 4. The van der Waals surface area contributed by atoms with Crippen molar-refractivity contribution < 1.29 is 34.5 Å². The predicted molar refractivity (Wildman–Crippen MR) is 91.5 cm³/mol. The molecule has 1 rings (SSSR count). The van der Waals surface area contributed by atoms with Gasteiger partial charge >= 0.3 is 0 Å². The van der Waals surface area contributed by atoms with Crippen LogP contribution in [0.1, 0.15) is 6.92 Å². The van der Waals surface area contributed by atoms with Crippen LogP contribution in [0.4, 0.5) is 0 Å². The first-order valence-corrected chi connectivity index (χ1v) is 9.14. The van der Waals surface area contributed by atoms with Gasteiger partial charge in [0.25, 0.3) is 0 Å². The maximum atomic E-state index is 11.5. The lowest BCUT2D eigenvalue weighted by Gasteiger charge is -2.34. The fourth-order valence-corrected chi connectivity index (χ4v) is 3.07. The van der Waals surface area contributed by atoms with E-state index in [-0.39, 0.29) is 58.1 Å². The average molecular weight is 399 g/mol. The minimum Gasteiger partial charge on any atom is -0.549 e. The molecule has 28 heavy (non-hydrogen) atoms. The Morgan fingerprint density at radius 2 is 0.750 bits per heavy atom. The Morgan fingerprint density at radius 3 is 0.929 bits per heavy atom. The highest BCUT2D eigenvalue weighted by Gasteiger charge is 2.17. The molecule has 1 fully saturated rings. The number of ketones is 1. The second kappa shape index (κ2) is 12.4. The van der Waals surface area contributed by atoms with E-state index in [2.05, 4.69) is 0 Å². The maximum absolute atomic E-state index is 11.5. The molecule has 0 bridgehead atoms. The topological polar surface area (TPSA) is 150 Å². The summed E-state index contributed by atoms with van der Waals surface area (Å²) in [6.45, 7) is 3.32. The summed E-state index contributed by atoms with van der Waals surface area (Å²) in [7, 11) is 0. The molecule has 11 nitrogen and oxygen atoms in total. The van der Waals surface area contributed by atoms with E-state index in [0.29, 0.717) is 26.2 Å². The van der Waals surface area contributed by atoms with E-state index in [4.69, 9.17) is 0 Å². The van der Waals surface area contributed by atoms with Crippen LogP contribution < -0.4 is 15.3 Å². The lowest BCUT2D eigenvalue weighted by atomic mass is 10.3. The maximum Gasteiger partial charge on any atom is 0.143 e. The third-order valence-corrected chi connectivity index (χ3v) is 4.43. The van der Waals surface area contributed by atoms with Crippen LogP contribution in [0.2, 0.25) is 0 Å². The first-order valence-electron chi connectivity index (χ1n) is 9.14. The summed E-state index contributed by atoms with van der Waals surface area (Å²) >= 11 is 0. The first-order chi connectivity index (χ1) is 13.2. The molecule has 0 radical (unpaired) electrons. The zero-order chi connectivity index (χ0) is 21.1. The van der Waals surface area contributed by atoms with Gasteiger partial charge in [-0.15, -0.1) is 0 Å².